The van der Waals surface area contributed by atoms with Gasteiger partial charge in [0.2, 0.25) is 15.9 Å². The molecule has 0 aromatic carbocycles. The average molecular weight is 393 g/mol. The molecular formula is C12H13BrN2O4S2. The molecule has 2 N–H and O–H groups in total. The monoisotopic (exact) mass is 392 g/mol. The van der Waals surface area contributed by atoms with Crippen LogP contribution in [0.3, 0.4) is 0 Å². The third-order valence-electron chi connectivity index (χ3n) is 2.62. The Morgan fingerprint density at radius 3 is 2.76 bits per heavy atom. The van der Waals surface area contributed by atoms with Gasteiger partial charge in [0.15, 0.2) is 0 Å². The molecular weight excluding hydrogens is 380 g/mol. The first-order chi connectivity index (χ1) is 9.96. The Morgan fingerprint density at radius 1 is 1.48 bits per heavy atom. The van der Waals surface area contributed by atoms with Crippen LogP contribution in [-0.2, 0) is 23.2 Å². The average Bonchev–Trinajstić information content (AvgIpc) is 2.88. The number of halogens is 1. The molecule has 2 aromatic rings. The highest BCUT2D eigenvalue weighted by Crippen LogP contribution is 2.31. The van der Waals surface area contributed by atoms with Crippen LogP contribution >= 0.6 is 27.3 Å². The maximum Gasteiger partial charge on any atom is 0.242 e. The molecule has 9 heteroatoms. The Morgan fingerprint density at radius 2 is 2.24 bits per heavy atom. The molecule has 0 aliphatic heterocycles. The molecule has 114 valence electrons. The van der Waals surface area contributed by atoms with E-state index < -0.39 is 10.0 Å². The Hall–Kier alpha value is -1.00. The van der Waals surface area contributed by atoms with Crippen LogP contribution in [0.15, 0.2) is 33.1 Å². The number of sulfonamides is 1. The fourth-order valence-corrected chi connectivity index (χ4v) is 5.11. The third-order valence-corrected chi connectivity index (χ3v) is 6.26. The van der Waals surface area contributed by atoms with Crippen molar-refractivity contribution in [3.63, 3.8) is 0 Å². The Balaban J connectivity index is 2.11. The van der Waals surface area contributed by atoms with Gasteiger partial charge in [-0.25, -0.2) is 18.1 Å². The van der Waals surface area contributed by atoms with Crippen molar-refractivity contribution in [2.24, 2.45) is 0 Å². The second kappa shape index (κ2) is 6.84. The fraction of sp³-hybridized carbons (Fsp3) is 0.250. The molecule has 0 amide bonds. The van der Waals surface area contributed by atoms with Crippen molar-refractivity contribution in [2.45, 2.75) is 18.0 Å². The highest BCUT2D eigenvalue weighted by atomic mass is 79.9. The van der Waals surface area contributed by atoms with Gasteiger partial charge in [-0.3, -0.25) is 0 Å². The van der Waals surface area contributed by atoms with Crippen LogP contribution in [0.25, 0.3) is 0 Å². The number of rotatable bonds is 6. The van der Waals surface area contributed by atoms with E-state index in [0.717, 1.165) is 0 Å². The smallest absolute Gasteiger partial charge is 0.242 e. The third kappa shape index (κ3) is 4.01. The zero-order valence-electron chi connectivity index (χ0n) is 11.0. The molecule has 2 heterocycles. The first kappa shape index (κ1) is 16.4. The fourth-order valence-electron chi connectivity index (χ4n) is 1.55. The molecule has 0 unspecified atom stereocenters. The summed E-state index contributed by atoms with van der Waals surface area (Å²) >= 11 is 4.38. The quantitative estimate of drug-likeness (QED) is 0.783. The first-order valence-electron chi connectivity index (χ1n) is 5.84. The van der Waals surface area contributed by atoms with Gasteiger partial charge in [0.1, 0.15) is 4.90 Å². The largest absolute Gasteiger partial charge is 0.481 e. The van der Waals surface area contributed by atoms with E-state index in [1.165, 1.54) is 24.5 Å². The minimum Gasteiger partial charge on any atom is -0.481 e. The molecule has 0 aliphatic rings. The molecule has 0 fully saturated rings. The predicted octanol–water partition coefficient (Wildman–Crippen LogP) is 1.89. The van der Waals surface area contributed by atoms with Crippen molar-refractivity contribution in [1.29, 1.82) is 0 Å². The van der Waals surface area contributed by atoms with Gasteiger partial charge < -0.3 is 9.84 Å². The van der Waals surface area contributed by atoms with Crippen molar-refractivity contribution >= 4 is 37.3 Å². The number of aromatic nitrogens is 1. The summed E-state index contributed by atoms with van der Waals surface area (Å²) in [6.07, 6.45) is 1.54. The summed E-state index contributed by atoms with van der Waals surface area (Å²) in [5.74, 6) is 0.467. The zero-order valence-corrected chi connectivity index (χ0v) is 14.3. The molecule has 2 rings (SSSR count). The maximum atomic E-state index is 12.2. The lowest BCUT2D eigenvalue weighted by molar-refractivity contribution is 0.285. The van der Waals surface area contributed by atoms with Gasteiger partial charge in [-0.05, 0) is 27.6 Å². The molecule has 0 saturated heterocycles. The molecule has 21 heavy (non-hydrogen) atoms. The first-order valence-corrected chi connectivity index (χ1v) is 8.93. The molecule has 0 radical (unpaired) electrons. The van der Waals surface area contributed by atoms with Crippen LogP contribution in [0, 0.1) is 0 Å². The summed E-state index contributed by atoms with van der Waals surface area (Å²) in [5, 5.41) is 9.05. The van der Waals surface area contributed by atoms with Crippen molar-refractivity contribution in [2.75, 3.05) is 7.11 Å². The van der Waals surface area contributed by atoms with E-state index in [1.54, 1.807) is 18.3 Å². The summed E-state index contributed by atoms with van der Waals surface area (Å²) < 4.78 is 32.3. The second-order valence-electron chi connectivity index (χ2n) is 4.04. The van der Waals surface area contributed by atoms with Crippen molar-refractivity contribution in [3.05, 3.63) is 38.6 Å². The lowest BCUT2D eigenvalue weighted by atomic mass is 10.3. The second-order valence-corrected chi connectivity index (χ2v) is 8.23. The Bertz CT molecular complexity index is 713. The van der Waals surface area contributed by atoms with Crippen LogP contribution in [-0.4, -0.2) is 25.6 Å². The summed E-state index contributed by atoms with van der Waals surface area (Å²) in [6.45, 7) is -0.0722. The van der Waals surface area contributed by atoms with Crippen molar-refractivity contribution in [1.82, 2.24) is 9.71 Å². The van der Waals surface area contributed by atoms with Gasteiger partial charge in [0.05, 0.1) is 17.5 Å². The number of nitrogens with zero attached hydrogens (tertiary/aromatic N) is 1. The normalized spacial score (nSPS) is 11.6. The highest BCUT2D eigenvalue weighted by molar-refractivity contribution is 9.11. The molecule has 2 aromatic heterocycles. The van der Waals surface area contributed by atoms with E-state index in [1.807, 2.05) is 0 Å². The SMILES string of the molecule is COc1ccc(CNS(=O)(=O)c2cc(CO)sc2Br)cn1. The molecule has 0 bridgehead atoms. The van der Waals surface area contributed by atoms with Gasteiger partial charge in [-0.15, -0.1) is 11.3 Å². The van der Waals surface area contributed by atoms with E-state index in [-0.39, 0.29) is 18.0 Å². The van der Waals surface area contributed by atoms with Crippen LogP contribution in [0.2, 0.25) is 0 Å². The number of aliphatic hydroxyl groups is 1. The number of ether oxygens (including phenoxy) is 1. The Labute approximate surface area is 135 Å². The van der Waals surface area contributed by atoms with Gasteiger partial charge >= 0.3 is 0 Å². The molecule has 0 spiro atoms. The number of pyridine rings is 1. The van der Waals surface area contributed by atoms with E-state index in [0.29, 0.717) is 20.1 Å². The zero-order chi connectivity index (χ0) is 15.5. The van der Waals surface area contributed by atoms with Gasteiger partial charge in [-0.2, -0.15) is 0 Å². The molecule has 0 atom stereocenters. The summed E-state index contributed by atoms with van der Waals surface area (Å²) in [7, 11) is -2.14. The number of nitrogens with one attached hydrogen (secondary N) is 1. The number of methoxy groups -OCH3 is 1. The van der Waals surface area contributed by atoms with Crippen molar-refractivity contribution < 1.29 is 18.3 Å². The van der Waals surface area contributed by atoms with E-state index in [9.17, 15) is 8.42 Å². The summed E-state index contributed by atoms with van der Waals surface area (Å²) in [6, 6.07) is 4.84. The highest BCUT2D eigenvalue weighted by Gasteiger charge is 2.20. The van der Waals surface area contributed by atoms with Crippen LogP contribution < -0.4 is 9.46 Å². The summed E-state index contributed by atoms with van der Waals surface area (Å²) in [5.41, 5.74) is 0.716. The maximum absolute atomic E-state index is 12.2. The van der Waals surface area contributed by atoms with E-state index >= 15 is 0 Å². The number of thiophene rings is 1. The van der Waals surface area contributed by atoms with Crippen LogP contribution in [0.5, 0.6) is 5.88 Å². The predicted molar refractivity (Wildman–Crippen MR) is 82.8 cm³/mol. The molecule has 0 saturated carbocycles. The van der Waals surface area contributed by atoms with Crippen LogP contribution in [0.4, 0.5) is 0 Å². The van der Waals surface area contributed by atoms with Gasteiger partial charge in [0.25, 0.3) is 0 Å². The number of hydrogen-bond acceptors (Lipinski definition) is 6. The molecule has 6 nitrogen and oxygen atoms in total. The van der Waals surface area contributed by atoms with Gasteiger partial charge in [-0.1, -0.05) is 6.07 Å². The standard InChI is InChI=1S/C12H13BrN2O4S2/c1-19-11-3-2-8(5-14-11)6-15-21(17,18)10-4-9(7-16)20-12(10)13/h2-5,15-16H,6-7H2,1H3. The van der Waals surface area contributed by atoms with Crippen LogP contribution in [0.1, 0.15) is 10.4 Å². The number of hydrogen-bond donors (Lipinski definition) is 2. The van der Waals surface area contributed by atoms with E-state index in [4.69, 9.17) is 9.84 Å². The van der Waals surface area contributed by atoms with Crippen molar-refractivity contribution in [3.8, 4) is 5.88 Å². The van der Waals surface area contributed by atoms with Gasteiger partial charge in [0, 0.05) is 23.7 Å². The topological polar surface area (TPSA) is 88.5 Å². The lowest BCUT2D eigenvalue weighted by Crippen LogP contribution is -2.23. The molecule has 0 aliphatic carbocycles. The summed E-state index contributed by atoms with van der Waals surface area (Å²) in [4.78, 5) is 4.71. The Kier molecular flexibility index (Phi) is 5.33. The minimum atomic E-state index is -3.65. The minimum absolute atomic E-state index is 0.121. The lowest BCUT2D eigenvalue weighted by Gasteiger charge is -2.06. The number of aliphatic hydroxyl groups excluding tert-OH is 1. The van der Waals surface area contributed by atoms with E-state index in [2.05, 4.69) is 25.6 Å².